The van der Waals surface area contributed by atoms with E-state index in [9.17, 15) is 19.2 Å². The second-order valence-corrected chi connectivity index (χ2v) is 11.3. The van der Waals surface area contributed by atoms with Crippen molar-refractivity contribution in [3.05, 3.63) is 50.2 Å². The van der Waals surface area contributed by atoms with Gasteiger partial charge in [0.15, 0.2) is 0 Å². The van der Waals surface area contributed by atoms with Gasteiger partial charge >= 0.3 is 6.09 Å². The van der Waals surface area contributed by atoms with Gasteiger partial charge in [0.05, 0.1) is 11.3 Å². The first kappa shape index (κ1) is 26.7. The van der Waals surface area contributed by atoms with E-state index in [4.69, 9.17) is 4.74 Å². The maximum atomic E-state index is 15.3. The van der Waals surface area contributed by atoms with Gasteiger partial charge in [-0.25, -0.2) is 14.2 Å². The number of aromatic nitrogens is 1. The predicted molar refractivity (Wildman–Crippen MR) is 134 cm³/mol. The maximum Gasteiger partial charge on any atom is 0.407 e. The van der Waals surface area contributed by atoms with Crippen LogP contribution in [0.25, 0.3) is 0 Å². The van der Waals surface area contributed by atoms with Gasteiger partial charge in [0.1, 0.15) is 29.8 Å². The number of aldehydes is 1. The second kappa shape index (κ2) is 11.0. The van der Waals surface area contributed by atoms with Crippen LogP contribution in [-0.2, 0) is 46.9 Å². The summed E-state index contributed by atoms with van der Waals surface area (Å²) >= 11 is 1.56. The van der Waals surface area contributed by atoms with Crippen molar-refractivity contribution < 1.29 is 28.3 Å². The smallest absolute Gasteiger partial charge is 0.407 e. The topological polar surface area (TPSA) is 118 Å². The number of hydrogen-bond donors (Lipinski definition) is 2. The standard InChI is InChI=1S/C26H31FN4O5S/c1-26(2)9-8-17-19(11-26)37-20(30-17)14-36-25(35)29-12-15-6-7-16-13-31(24(34)21(16)22(15)27)18(5-4-10-32)23(33)28-3/h6-7,10,18H,4-5,8-9,11-14H2,1-3H3,(H,28,33)(H,29,35). The average molecular weight is 531 g/mol. The highest BCUT2D eigenvalue weighted by molar-refractivity contribution is 7.11. The van der Waals surface area contributed by atoms with Crippen molar-refractivity contribution in [1.29, 1.82) is 0 Å². The van der Waals surface area contributed by atoms with E-state index in [0.717, 1.165) is 30.0 Å². The number of ether oxygens (including phenoxy) is 1. The molecule has 1 aromatic carbocycles. The Morgan fingerprint density at radius 1 is 1.35 bits per heavy atom. The Balaban J connectivity index is 1.36. The zero-order valence-corrected chi connectivity index (χ0v) is 22.0. The molecular weight excluding hydrogens is 499 g/mol. The molecule has 0 saturated heterocycles. The van der Waals surface area contributed by atoms with Crippen molar-refractivity contribution in [3.8, 4) is 0 Å². The number of halogens is 1. The molecular formula is C26H31FN4O5S. The number of carbonyl (C=O) groups is 4. The SMILES string of the molecule is CNC(=O)C(CCC=O)N1Cc2ccc(CNC(=O)OCc3nc4c(s3)CC(C)(C)CC4)c(F)c2C1=O. The van der Waals surface area contributed by atoms with E-state index in [-0.39, 0.29) is 49.1 Å². The molecule has 9 nitrogen and oxygen atoms in total. The van der Waals surface area contributed by atoms with Crippen LogP contribution in [0.4, 0.5) is 9.18 Å². The van der Waals surface area contributed by atoms with Crippen molar-refractivity contribution in [3.63, 3.8) is 0 Å². The molecule has 0 bridgehead atoms. The monoisotopic (exact) mass is 530 g/mol. The Bertz CT molecular complexity index is 1230. The van der Waals surface area contributed by atoms with Crippen LogP contribution in [0.1, 0.15) is 70.2 Å². The molecule has 0 spiro atoms. The first-order valence-electron chi connectivity index (χ1n) is 12.3. The van der Waals surface area contributed by atoms with E-state index in [2.05, 4.69) is 29.5 Å². The number of nitrogens with zero attached hydrogens (tertiary/aromatic N) is 2. The van der Waals surface area contributed by atoms with Crippen LogP contribution in [0.15, 0.2) is 12.1 Å². The van der Waals surface area contributed by atoms with Crippen molar-refractivity contribution in [2.45, 2.75) is 71.7 Å². The van der Waals surface area contributed by atoms with Gasteiger partial charge in [0, 0.05) is 37.0 Å². The molecule has 2 aliphatic rings. The molecule has 1 unspecified atom stereocenters. The molecule has 0 saturated carbocycles. The van der Waals surface area contributed by atoms with Crippen LogP contribution in [0.5, 0.6) is 0 Å². The lowest BCUT2D eigenvalue weighted by molar-refractivity contribution is -0.125. The number of benzene rings is 1. The second-order valence-electron chi connectivity index (χ2n) is 10.1. The van der Waals surface area contributed by atoms with Gasteiger partial charge in [-0.2, -0.15) is 0 Å². The summed E-state index contributed by atoms with van der Waals surface area (Å²) in [5.74, 6) is -1.78. The Morgan fingerprint density at radius 2 is 2.14 bits per heavy atom. The molecule has 2 aromatic rings. The third-order valence-electron chi connectivity index (χ3n) is 6.86. The van der Waals surface area contributed by atoms with Crippen molar-refractivity contribution in [2.75, 3.05) is 7.05 Å². The minimum atomic E-state index is -0.881. The molecule has 198 valence electrons. The van der Waals surface area contributed by atoms with Crippen molar-refractivity contribution in [1.82, 2.24) is 20.5 Å². The van der Waals surface area contributed by atoms with E-state index in [0.29, 0.717) is 11.8 Å². The van der Waals surface area contributed by atoms with Crippen LogP contribution in [0.3, 0.4) is 0 Å². The minimum Gasteiger partial charge on any atom is -0.442 e. The number of thiazole rings is 1. The highest BCUT2D eigenvalue weighted by atomic mass is 32.1. The number of carbonyl (C=O) groups excluding carboxylic acids is 4. The molecule has 1 atom stereocenters. The molecule has 0 fully saturated rings. The molecule has 0 radical (unpaired) electrons. The first-order chi connectivity index (χ1) is 17.6. The van der Waals surface area contributed by atoms with Gasteiger partial charge in [0.2, 0.25) is 5.91 Å². The molecule has 1 aromatic heterocycles. The minimum absolute atomic E-state index is 0.0334. The molecule has 37 heavy (non-hydrogen) atoms. The van der Waals surface area contributed by atoms with E-state index in [1.54, 1.807) is 17.4 Å². The number of alkyl carbamates (subject to hydrolysis) is 1. The molecule has 1 aliphatic heterocycles. The summed E-state index contributed by atoms with van der Waals surface area (Å²) in [6.07, 6.45) is 3.15. The lowest BCUT2D eigenvalue weighted by Gasteiger charge is -2.28. The van der Waals surface area contributed by atoms with Crippen molar-refractivity contribution in [2.24, 2.45) is 5.41 Å². The van der Waals surface area contributed by atoms with Crippen molar-refractivity contribution >= 4 is 35.5 Å². The number of nitrogens with one attached hydrogen (secondary N) is 2. The maximum absolute atomic E-state index is 15.3. The fourth-order valence-electron chi connectivity index (χ4n) is 4.79. The number of aryl methyl sites for hydroxylation is 1. The van der Waals surface area contributed by atoms with Crippen LogP contribution in [0, 0.1) is 11.2 Å². The lowest BCUT2D eigenvalue weighted by atomic mass is 9.79. The molecule has 4 rings (SSSR count). The molecule has 2 heterocycles. The molecule has 2 N–H and O–H groups in total. The zero-order valence-electron chi connectivity index (χ0n) is 21.2. The Kier molecular flexibility index (Phi) is 7.91. The highest BCUT2D eigenvalue weighted by Gasteiger charge is 2.38. The van der Waals surface area contributed by atoms with Crippen LogP contribution >= 0.6 is 11.3 Å². The van der Waals surface area contributed by atoms with Crippen LogP contribution in [0.2, 0.25) is 0 Å². The molecule has 3 amide bonds. The van der Waals surface area contributed by atoms with E-state index >= 15 is 4.39 Å². The van der Waals surface area contributed by atoms with Gasteiger partial charge in [-0.1, -0.05) is 26.0 Å². The van der Waals surface area contributed by atoms with E-state index in [1.807, 2.05) is 0 Å². The Hall–Kier alpha value is -3.34. The highest BCUT2D eigenvalue weighted by Crippen LogP contribution is 2.37. The number of fused-ring (bicyclic) bond motifs is 2. The number of amides is 3. The predicted octanol–water partition coefficient (Wildman–Crippen LogP) is 3.27. The van der Waals surface area contributed by atoms with Gasteiger partial charge in [0.25, 0.3) is 5.91 Å². The summed E-state index contributed by atoms with van der Waals surface area (Å²) in [4.78, 5) is 55.5. The zero-order chi connectivity index (χ0) is 26.7. The third kappa shape index (κ3) is 5.82. The number of likely N-dealkylation sites (N-methyl/N-ethyl adjacent to an activating group) is 1. The van der Waals surface area contributed by atoms with Gasteiger partial charge < -0.3 is 25.1 Å². The lowest BCUT2D eigenvalue weighted by Crippen LogP contribution is -2.46. The summed E-state index contributed by atoms with van der Waals surface area (Å²) < 4.78 is 20.6. The number of hydrogen-bond acceptors (Lipinski definition) is 7. The molecule has 1 aliphatic carbocycles. The first-order valence-corrected chi connectivity index (χ1v) is 13.1. The summed E-state index contributed by atoms with van der Waals surface area (Å²) in [5, 5.41) is 5.75. The van der Waals surface area contributed by atoms with Crippen LogP contribution < -0.4 is 10.6 Å². The summed E-state index contributed by atoms with van der Waals surface area (Å²) in [5.41, 5.74) is 1.77. The van der Waals surface area contributed by atoms with Gasteiger partial charge in [-0.15, -0.1) is 11.3 Å². The Labute approximate surface area is 218 Å². The van der Waals surface area contributed by atoms with E-state index < -0.39 is 29.8 Å². The summed E-state index contributed by atoms with van der Waals surface area (Å²) in [6.45, 7) is 4.39. The molecule has 11 heteroatoms. The van der Waals surface area contributed by atoms with Gasteiger partial charge in [-0.3, -0.25) is 9.59 Å². The van der Waals surface area contributed by atoms with E-state index in [1.165, 1.54) is 22.9 Å². The summed E-state index contributed by atoms with van der Waals surface area (Å²) in [6, 6.07) is 2.23. The third-order valence-corrected chi connectivity index (χ3v) is 7.93. The normalized spacial score (nSPS) is 16.5. The fraction of sp³-hybridized carbons (Fsp3) is 0.500. The van der Waals surface area contributed by atoms with Gasteiger partial charge in [-0.05, 0) is 36.7 Å². The fourth-order valence-corrected chi connectivity index (χ4v) is 6.07. The summed E-state index contributed by atoms with van der Waals surface area (Å²) in [7, 11) is 1.44. The van der Waals surface area contributed by atoms with Crippen LogP contribution in [-0.4, -0.2) is 47.2 Å². The Morgan fingerprint density at radius 3 is 2.86 bits per heavy atom. The largest absolute Gasteiger partial charge is 0.442 e. The number of rotatable bonds is 9. The average Bonchev–Trinajstić information content (AvgIpc) is 3.42. The quantitative estimate of drug-likeness (QED) is 0.481.